The molecule has 15 heavy (non-hydrogen) atoms. The molecule has 0 unspecified atom stereocenters. The van der Waals surface area contributed by atoms with Crippen molar-refractivity contribution < 1.29 is 18.7 Å². The van der Waals surface area contributed by atoms with Crippen LogP contribution in [0.5, 0.6) is 0 Å². The van der Waals surface area contributed by atoms with Crippen molar-refractivity contribution in [2.24, 2.45) is 0 Å². The highest BCUT2D eigenvalue weighted by Crippen LogP contribution is 2.32. The summed E-state index contributed by atoms with van der Waals surface area (Å²) in [6.45, 7) is 0. The normalized spacial score (nSPS) is 10.7. The molecule has 0 atom stereocenters. The molecular weight excluding hydrogens is 230 g/mol. The Labute approximate surface area is 88.7 Å². The molecule has 82 valence electrons. The molecule has 0 aliphatic heterocycles. The smallest absolute Gasteiger partial charge is 0.307 e. The van der Waals surface area contributed by atoms with Gasteiger partial charge in [0.2, 0.25) is 0 Å². The molecular formula is C8H7ClF2N2O2. The van der Waals surface area contributed by atoms with Crippen molar-refractivity contribution in [1.29, 1.82) is 0 Å². The van der Waals surface area contributed by atoms with Gasteiger partial charge in [0, 0.05) is 0 Å². The quantitative estimate of drug-likeness (QED) is 0.786. The molecule has 0 aliphatic carbocycles. The van der Waals surface area contributed by atoms with E-state index in [1.807, 2.05) is 0 Å². The summed E-state index contributed by atoms with van der Waals surface area (Å²) in [5.41, 5.74) is 4.46. The van der Waals surface area contributed by atoms with E-state index in [1.54, 1.807) is 0 Å². The molecule has 1 rings (SSSR count). The maximum atomic E-state index is 12.5. The van der Waals surface area contributed by atoms with Crippen LogP contribution in [0, 0.1) is 0 Å². The highest BCUT2D eigenvalue weighted by Gasteiger charge is 2.21. The summed E-state index contributed by atoms with van der Waals surface area (Å²) in [5, 5.41) is 8.10. The van der Waals surface area contributed by atoms with Gasteiger partial charge in [-0.05, 0) is 5.56 Å². The third kappa shape index (κ3) is 2.53. The number of hydrogen-bond donors (Lipinski definition) is 2. The van der Waals surface area contributed by atoms with Crippen LogP contribution in [0.4, 0.5) is 14.5 Å². The van der Waals surface area contributed by atoms with Gasteiger partial charge in [-0.3, -0.25) is 4.79 Å². The lowest BCUT2D eigenvalue weighted by Gasteiger charge is -2.10. The van der Waals surface area contributed by atoms with E-state index in [-0.39, 0.29) is 11.3 Å². The topological polar surface area (TPSA) is 76.2 Å². The van der Waals surface area contributed by atoms with Crippen molar-refractivity contribution in [2.75, 3.05) is 5.73 Å². The molecule has 0 saturated heterocycles. The Balaban J connectivity index is 3.31. The van der Waals surface area contributed by atoms with Gasteiger partial charge >= 0.3 is 5.97 Å². The fourth-order valence-electron chi connectivity index (χ4n) is 1.12. The second kappa shape index (κ2) is 4.39. The predicted octanol–water partition coefficient (Wildman–Crippen LogP) is 1.88. The van der Waals surface area contributed by atoms with Crippen molar-refractivity contribution in [3.63, 3.8) is 0 Å². The first-order chi connectivity index (χ1) is 6.93. The Morgan fingerprint density at radius 3 is 2.73 bits per heavy atom. The number of pyridine rings is 1. The Kier molecular flexibility index (Phi) is 3.41. The largest absolute Gasteiger partial charge is 0.481 e. The predicted molar refractivity (Wildman–Crippen MR) is 50.0 cm³/mol. The van der Waals surface area contributed by atoms with Gasteiger partial charge in [0.25, 0.3) is 6.43 Å². The lowest BCUT2D eigenvalue weighted by Crippen LogP contribution is -2.09. The fraction of sp³-hybridized carbons (Fsp3) is 0.250. The van der Waals surface area contributed by atoms with Gasteiger partial charge in [0.15, 0.2) is 0 Å². The highest BCUT2D eigenvalue weighted by molar-refractivity contribution is 6.30. The molecule has 0 saturated carbocycles. The number of nitrogen functional groups attached to an aromatic ring is 1. The van der Waals surface area contributed by atoms with E-state index < -0.39 is 29.5 Å². The van der Waals surface area contributed by atoms with Gasteiger partial charge in [-0.15, -0.1) is 0 Å². The van der Waals surface area contributed by atoms with Crippen LogP contribution in [0.25, 0.3) is 0 Å². The summed E-state index contributed by atoms with van der Waals surface area (Å²) in [6.07, 6.45) is -2.44. The molecule has 0 spiro atoms. The van der Waals surface area contributed by atoms with Gasteiger partial charge in [-0.25, -0.2) is 13.8 Å². The minimum absolute atomic E-state index is 0.0999. The van der Waals surface area contributed by atoms with E-state index in [9.17, 15) is 13.6 Å². The molecule has 1 aromatic heterocycles. The van der Waals surface area contributed by atoms with Crippen LogP contribution in [-0.4, -0.2) is 16.1 Å². The number of nitrogens with two attached hydrogens (primary N) is 1. The summed E-state index contributed by atoms with van der Waals surface area (Å²) < 4.78 is 25.1. The number of alkyl halides is 2. The van der Waals surface area contributed by atoms with Gasteiger partial charge < -0.3 is 10.8 Å². The summed E-state index contributed by atoms with van der Waals surface area (Å²) in [5.74, 6) is -1.26. The third-order valence-corrected chi connectivity index (χ3v) is 2.06. The Morgan fingerprint density at radius 1 is 1.67 bits per heavy atom. The minimum atomic E-state index is -2.90. The zero-order chi connectivity index (χ0) is 11.6. The van der Waals surface area contributed by atoms with Gasteiger partial charge in [-0.1, -0.05) is 11.6 Å². The van der Waals surface area contributed by atoms with E-state index in [0.29, 0.717) is 0 Å². The highest BCUT2D eigenvalue weighted by atomic mass is 35.5. The zero-order valence-electron chi connectivity index (χ0n) is 7.38. The van der Waals surface area contributed by atoms with Crippen LogP contribution in [0.15, 0.2) is 6.20 Å². The van der Waals surface area contributed by atoms with E-state index in [2.05, 4.69) is 4.98 Å². The average molecular weight is 237 g/mol. The number of rotatable bonds is 3. The zero-order valence-corrected chi connectivity index (χ0v) is 8.13. The van der Waals surface area contributed by atoms with Gasteiger partial charge in [0.05, 0.1) is 23.9 Å². The second-order valence-electron chi connectivity index (χ2n) is 2.77. The van der Waals surface area contributed by atoms with Crippen LogP contribution in [0.1, 0.15) is 17.6 Å². The molecule has 0 bridgehead atoms. The molecule has 7 heteroatoms. The van der Waals surface area contributed by atoms with Crippen LogP contribution in [0.2, 0.25) is 5.15 Å². The Hall–Kier alpha value is -1.43. The van der Waals surface area contributed by atoms with E-state index in [4.69, 9.17) is 22.4 Å². The second-order valence-corrected chi connectivity index (χ2v) is 3.13. The minimum Gasteiger partial charge on any atom is -0.481 e. The van der Waals surface area contributed by atoms with Gasteiger partial charge in [0.1, 0.15) is 5.15 Å². The average Bonchev–Trinajstić information content (AvgIpc) is 2.10. The molecule has 0 radical (unpaired) electrons. The number of anilines is 1. The SMILES string of the molecule is Nc1cnc(Cl)c(C(F)F)c1CC(=O)O. The molecule has 0 amide bonds. The number of carbonyl (C=O) groups is 1. The van der Waals surface area contributed by atoms with Gasteiger partial charge in [-0.2, -0.15) is 0 Å². The van der Waals surface area contributed by atoms with Crippen molar-refractivity contribution >= 4 is 23.3 Å². The van der Waals surface area contributed by atoms with E-state index >= 15 is 0 Å². The number of carboxylic acid groups (broad SMARTS) is 1. The molecule has 0 aliphatic rings. The fourth-order valence-corrected chi connectivity index (χ4v) is 1.37. The first kappa shape index (κ1) is 11.6. The number of carboxylic acids is 1. The summed E-state index contributed by atoms with van der Waals surface area (Å²) in [4.78, 5) is 13.9. The lowest BCUT2D eigenvalue weighted by atomic mass is 10.1. The van der Waals surface area contributed by atoms with Crippen LogP contribution < -0.4 is 5.73 Å². The number of halogens is 3. The monoisotopic (exact) mass is 236 g/mol. The first-order valence-corrected chi connectivity index (χ1v) is 4.24. The van der Waals surface area contributed by atoms with Crippen LogP contribution in [0.3, 0.4) is 0 Å². The molecule has 0 aromatic carbocycles. The molecule has 3 N–H and O–H groups in total. The Bertz CT molecular complexity index is 398. The molecule has 0 fully saturated rings. The van der Waals surface area contributed by atoms with Crippen molar-refractivity contribution in [2.45, 2.75) is 12.8 Å². The number of hydrogen-bond acceptors (Lipinski definition) is 3. The standard InChI is InChI=1S/C8H7ClF2N2O2/c9-7-6(8(10)11)3(1-5(14)15)4(12)2-13-7/h2,8H,1,12H2,(H,14,15). The summed E-state index contributed by atoms with van der Waals surface area (Å²) in [6, 6.07) is 0. The number of aliphatic carboxylic acids is 1. The van der Waals surface area contributed by atoms with Crippen molar-refractivity contribution in [3.05, 3.63) is 22.5 Å². The molecule has 4 nitrogen and oxygen atoms in total. The van der Waals surface area contributed by atoms with Crippen LogP contribution >= 0.6 is 11.6 Å². The summed E-state index contributed by atoms with van der Waals surface area (Å²) in [7, 11) is 0. The van der Waals surface area contributed by atoms with E-state index in [1.165, 1.54) is 0 Å². The first-order valence-electron chi connectivity index (χ1n) is 3.86. The molecule has 1 aromatic rings. The number of aromatic nitrogens is 1. The van der Waals surface area contributed by atoms with Crippen molar-refractivity contribution in [3.8, 4) is 0 Å². The number of nitrogens with zero attached hydrogens (tertiary/aromatic N) is 1. The van der Waals surface area contributed by atoms with Crippen molar-refractivity contribution in [1.82, 2.24) is 4.98 Å². The summed E-state index contributed by atoms with van der Waals surface area (Å²) >= 11 is 5.44. The maximum absolute atomic E-state index is 12.5. The maximum Gasteiger partial charge on any atom is 0.307 e. The third-order valence-electron chi connectivity index (χ3n) is 1.76. The lowest BCUT2D eigenvalue weighted by molar-refractivity contribution is -0.136. The Morgan fingerprint density at radius 2 is 2.27 bits per heavy atom. The molecule has 1 heterocycles. The van der Waals surface area contributed by atoms with Crippen LogP contribution in [-0.2, 0) is 11.2 Å². The van der Waals surface area contributed by atoms with E-state index in [0.717, 1.165) is 6.20 Å².